The van der Waals surface area contributed by atoms with Gasteiger partial charge in [-0.2, -0.15) is 13.2 Å². The van der Waals surface area contributed by atoms with E-state index in [2.05, 4.69) is 14.8 Å². The maximum atomic E-state index is 13.7. The zero-order valence-corrected chi connectivity index (χ0v) is 13.8. The topological polar surface area (TPSA) is 64.6 Å². The van der Waals surface area contributed by atoms with E-state index in [4.69, 9.17) is 0 Å². The van der Waals surface area contributed by atoms with Gasteiger partial charge in [-0.25, -0.2) is 4.79 Å². The summed E-state index contributed by atoms with van der Waals surface area (Å²) in [5.41, 5.74) is -3.61. The Kier molecular flexibility index (Phi) is 6.36. The lowest BCUT2D eigenvalue weighted by atomic mass is 9.90. The average molecular weight is 347 g/mol. The minimum Gasteiger partial charge on any atom is -0.467 e. The fraction of sp³-hybridized carbons (Fsp3) is 0.500. The Morgan fingerprint density at radius 2 is 1.62 bits per heavy atom. The van der Waals surface area contributed by atoms with Gasteiger partial charge in [0.1, 0.15) is 6.04 Å². The summed E-state index contributed by atoms with van der Waals surface area (Å²) in [6.45, 7) is 3.15. The first-order chi connectivity index (χ1) is 11.1. The summed E-state index contributed by atoms with van der Waals surface area (Å²) in [4.78, 5) is 24.2. The SMILES string of the molecule is COC(=O)[C@@H](NC(=O)[C@](OC)(c1ccccc1)C(F)(F)F)C(C)C. The molecule has 0 saturated carbocycles. The van der Waals surface area contributed by atoms with Gasteiger partial charge in [-0.3, -0.25) is 4.79 Å². The number of methoxy groups -OCH3 is 2. The van der Waals surface area contributed by atoms with Crippen molar-refractivity contribution in [2.75, 3.05) is 14.2 Å². The predicted octanol–water partition coefficient (Wildman–Crippen LogP) is 2.40. The van der Waals surface area contributed by atoms with E-state index in [1.807, 2.05) is 0 Å². The van der Waals surface area contributed by atoms with E-state index in [1.54, 1.807) is 13.8 Å². The van der Waals surface area contributed by atoms with E-state index >= 15 is 0 Å². The van der Waals surface area contributed by atoms with Crippen LogP contribution in [0.25, 0.3) is 0 Å². The first-order valence-corrected chi connectivity index (χ1v) is 7.18. The smallest absolute Gasteiger partial charge is 0.430 e. The van der Waals surface area contributed by atoms with Crippen molar-refractivity contribution in [3.05, 3.63) is 35.9 Å². The maximum absolute atomic E-state index is 13.7. The summed E-state index contributed by atoms with van der Waals surface area (Å²) < 4.78 is 50.4. The zero-order chi connectivity index (χ0) is 18.5. The summed E-state index contributed by atoms with van der Waals surface area (Å²) in [5.74, 6) is -2.79. The lowest BCUT2D eigenvalue weighted by Gasteiger charge is -2.34. The number of hydrogen-bond donors (Lipinski definition) is 1. The molecule has 0 aliphatic heterocycles. The second kappa shape index (κ2) is 7.65. The molecule has 2 atom stereocenters. The Morgan fingerprint density at radius 1 is 1.08 bits per heavy atom. The van der Waals surface area contributed by atoms with Gasteiger partial charge in [0.15, 0.2) is 0 Å². The number of rotatable bonds is 6. The third kappa shape index (κ3) is 3.69. The van der Waals surface area contributed by atoms with E-state index in [-0.39, 0.29) is 5.56 Å². The number of carbonyl (C=O) groups excluding carboxylic acids is 2. The number of hydrogen-bond acceptors (Lipinski definition) is 4. The van der Waals surface area contributed by atoms with Crippen LogP contribution in [-0.2, 0) is 24.7 Å². The molecule has 0 aliphatic carbocycles. The predicted molar refractivity (Wildman–Crippen MR) is 80.0 cm³/mol. The summed E-state index contributed by atoms with van der Waals surface area (Å²) in [6.07, 6.45) is -5.04. The number of amides is 1. The van der Waals surface area contributed by atoms with Crippen molar-refractivity contribution in [2.24, 2.45) is 5.92 Å². The Balaban J connectivity index is 3.35. The maximum Gasteiger partial charge on any atom is 0.430 e. The number of ether oxygens (including phenoxy) is 2. The van der Waals surface area contributed by atoms with Crippen molar-refractivity contribution in [1.82, 2.24) is 5.32 Å². The molecule has 1 aromatic carbocycles. The lowest BCUT2D eigenvalue weighted by molar-refractivity contribution is -0.266. The normalized spacial score (nSPS) is 15.5. The fourth-order valence-corrected chi connectivity index (χ4v) is 2.29. The van der Waals surface area contributed by atoms with Gasteiger partial charge in [-0.15, -0.1) is 0 Å². The highest BCUT2D eigenvalue weighted by molar-refractivity contribution is 5.91. The summed E-state index contributed by atoms with van der Waals surface area (Å²) >= 11 is 0. The Labute approximate surface area is 138 Å². The standard InChI is InChI=1S/C16H20F3NO4/c1-10(2)12(13(21)23-3)20-14(22)15(24-4,16(17,18)19)11-8-6-5-7-9-11/h5-10,12H,1-4H3,(H,20,22)/t12-,15+/m0/s1. The van der Waals surface area contributed by atoms with Gasteiger partial charge < -0.3 is 14.8 Å². The first kappa shape index (κ1) is 20.0. The number of alkyl halides is 3. The molecule has 24 heavy (non-hydrogen) atoms. The van der Waals surface area contributed by atoms with Gasteiger partial charge in [-0.1, -0.05) is 44.2 Å². The molecule has 0 aromatic heterocycles. The lowest BCUT2D eigenvalue weighted by Crippen LogP contribution is -2.59. The zero-order valence-electron chi connectivity index (χ0n) is 13.8. The molecule has 134 valence electrons. The molecule has 5 nitrogen and oxygen atoms in total. The minimum absolute atomic E-state index is 0.384. The van der Waals surface area contributed by atoms with Gasteiger partial charge in [0, 0.05) is 12.7 Å². The molecule has 0 saturated heterocycles. The van der Waals surface area contributed by atoms with Crippen molar-refractivity contribution in [2.45, 2.75) is 31.7 Å². The molecule has 1 rings (SSSR count). The van der Waals surface area contributed by atoms with Crippen molar-refractivity contribution < 1.29 is 32.2 Å². The van der Waals surface area contributed by atoms with Crippen LogP contribution in [0, 0.1) is 5.92 Å². The number of carbonyl (C=O) groups is 2. The van der Waals surface area contributed by atoms with Crippen LogP contribution in [0.3, 0.4) is 0 Å². The summed E-state index contributed by atoms with van der Waals surface area (Å²) in [7, 11) is 1.89. The summed E-state index contributed by atoms with van der Waals surface area (Å²) in [6, 6.07) is 5.29. The molecule has 0 spiro atoms. The van der Waals surface area contributed by atoms with Crippen LogP contribution in [0.15, 0.2) is 30.3 Å². The van der Waals surface area contributed by atoms with E-state index in [0.29, 0.717) is 0 Å². The second-order valence-electron chi connectivity index (χ2n) is 5.47. The molecule has 0 fully saturated rings. The van der Waals surface area contributed by atoms with Crippen molar-refractivity contribution >= 4 is 11.9 Å². The van der Waals surface area contributed by atoms with Crippen molar-refractivity contribution in [3.63, 3.8) is 0 Å². The Morgan fingerprint density at radius 3 is 2.00 bits per heavy atom. The summed E-state index contributed by atoms with van der Waals surface area (Å²) in [5, 5.41) is 2.11. The third-order valence-electron chi connectivity index (χ3n) is 3.61. The van der Waals surface area contributed by atoms with Gasteiger partial charge in [-0.05, 0) is 5.92 Å². The molecule has 0 aliphatic rings. The van der Waals surface area contributed by atoms with Gasteiger partial charge in [0.25, 0.3) is 11.5 Å². The van der Waals surface area contributed by atoms with Crippen LogP contribution >= 0.6 is 0 Å². The Hall–Kier alpha value is -2.09. The van der Waals surface area contributed by atoms with Crippen LogP contribution < -0.4 is 5.32 Å². The van der Waals surface area contributed by atoms with Crippen molar-refractivity contribution in [3.8, 4) is 0 Å². The van der Waals surface area contributed by atoms with Gasteiger partial charge in [0.05, 0.1) is 7.11 Å². The molecule has 8 heteroatoms. The van der Waals surface area contributed by atoms with Crippen LogP contribution in [0.4, 0.5) is 13.2 Å². The highest BCUT2D eigenvalue weighted by Gasteiger charge is 2.63. The van der Waals surface area contributed by atoms with E-state index in [9.17, 15) is 22.8 Å². The van der Waals surface area contributed by atoms with Crippen LogP contribution in [-0.4, -0.2) is 38.3 Å². The van der Waals surface area contributed by atoms with E-state index in [0.717, 1.165) is 26.4 Å². The number of benzene rings is 1. The average Bonchev–Trinajstić information content (AvgIpc) is 2.52. The van der Waals surface area contributed by atoms with Gasteiger partial charge in [0.2, 0.25) is 0 Å². The molecule has 0 radical (unpaired) electrons. The Bertz CT molecular complexity index is 574. The van der Waals surface area contributed by atoms with E-state index in [1.165, 1.54) is 18.2 Å². The quantitative estimate of drug-likeness (QED) is 0.803. The van der Waals surface area contributed by atoms with Crippen LogP contribution in [0.2, 0.25) is 0 Å². The number of nitrogens with one attached hydrogen (secondary N) is 1. The number of esters is 1. The molecular weight excluding hydrogens is 327 g/mol. The molecule has 0 unspecified atom stereocenters. The monoisotopic (exact) mass is 347 g/mol. The van der Waals surface area contributed by atoms with Crippen LogP contribution in [0.5, 0.6) is 0 Å². The molecule has 1 amide bonds. The second-order valence-corrected chi connectivity index (χ2v) is 5.47. The third-order valence-corrected chi connectivity index (χ3v) is 3.61. The highest BCUT2D eigenvalue weighted by Crippen LogP contribution is 2.42. The number of halogens is 3. The first-order valence-electron chi connectivity index (χ1n) is 7.18. The molecule has 1 aromatic rings. The van der Waals surface area contributed by atoms with E-state index < -0.39 is 35.6 Å². The van der Waals surface area contributed by atoms with Crippen molar-refractivity contribution in [1.29, 1.82) is 0 Å². The molecule has 1 N–H and O–H groups in total. The fourth-order valence-electron chi connectivity index (χ4n) is 2.29. The largest absolute Gasteiger partial charge is 0.467 e. The highest BCUT2D eigenvalue weighted by atomic mass is 19.4. The molecular formula is C16H20F3NO4. The molecule has 0 heterocycles. The molecule has 0 bridgehead atoms. The van der Waals surface area contributed by atoms with Crippen LogP contribution in [0.1, 0.15) is 19.4 Å². The minimum atomic E-state index is -5.04. The van der Waals surface area contributed by atoms with Gasteiger partial charge >= 0.3 is 12.1 Å².